The van der Waals surface area contributed by atoms with E-state index in [9.17, 15) is 18.0 Å². The van der Waals surface area contributed by atoms with Crippen LogP contribution in [-0.4, -0.2) is 27.8 Å². The summed E-state index contributed by atoms with van der Waals surface area (Å²) in [6, 6.07) is 4.67. The summed E-state index contributed by atoms with van der Waals surface area (Å²) in [6.07, 6.45) is 3.52. The van der Waals surface area contributed by atoms with Gasteiger partial charge in [0, 0.05) is 11.6 Å². The summed E-state index contributed by atoms with van der Waals surface area (Å²) in [5, 5.41) is 7.24. The third-order valence-corrected chi connectivity index (χ3v) is 5.39. The number of nitrogens with zero attached hydrogens (tertiary/aromatic N) is 3. The molecule has 0 saturated heterocycles. The van der Waals surface area contributed by atoms with Crippen LogP contribution >= 0.6 is 0 Å². The minimum Gasteiger partial charge on any atom is -0.491 e. The Kier molecular flexibility index (Phi) is 8.11. The Labute approximate surface area is 195 Å². The zero-order valence-electron chi connectivity index (χ0n) is 19.4. The van der Waals surface area contributed by atoms with E-state index in [2.05, 4.69) is 29.2 Å². The summed E-state index contributed by atoms with van der Waals surface area (Å²) >= 11 is 0. The first kappa shape index (κ1) is 25.5. The Balaban J connectivity index is 0.00000103. The lowest BCUT2D eigenvalue weighted by molar-refractivity contribution is -0.141. The van der Waals surface area contributed by atoms with Gasteiger partial charge in [0.1, 0.15) is 16.9 Å². The average molecular weight is 481 g/mol. The van der Waals surface area contributed by atoms with Gasteiger partial charge in [-0.1, -0.05) is 45.6 Å². The molecule has 3 aromatic rings. The van der Waals surface area contributed by atoms with Crippen molar-refractivity contribution < 1.29 is 27.1 Å². The first-order valence-corrected chi connectivity index (χ1v) is 11.3. The highest BCUT2D eigenvalue weighted by Gasteiger charge is 2.33. The summed E-state index contributed by atoms with van der Waals surface area (Å²) in [5.74, 6) is -1.91. The van der Waals surface area contributed by atoms with E-state index in [0.717, 1.165) is 43.9 Å². The number of benzene rings is 1. The lowest BCUT2D eigenvalue weighted by Crippen LogP contribution is -2.17. The topological polar surface area (TPSA) is 69.0 Å². The van der Waals surface area contributed by atoms with E-state index in [0.29, 0.717) is 5.39 Å². The van der Waals surface area contributed by atoms with E-state index in [1.165, 1.54) is 26.0 Å². The summed E-state index contributed by atoms with van der Waals surface area (Å²) in [5.41, 5.74) is -1.55. The summed E-state index contributed by atoms with van der Waals surface area (Å²) in [4.78, 5) is 15.9. The monoisotopic (exact) mass is 480 g/mol. The van der Waals surface area contributed by atoms with Crippen molar-refractivity contribution in [2.45, 2.75) is 64.6 Å². The molecular weight excluding hydrogens is 452 g/mol. The van der Waals surface area contributed by atoms with E-state index in [1.807, 2.05) is 0 Å². The number of amides is 1. The highest BCUT2D eigenvalue weighted by molar-refractivity contribution is 6.05. The molecule has 0 unspecified atom stereocenters. The Morgan fingerprint density at radius 1 is 1.21 bits per heavy atom. The number of carbonyl (C=O) groups excluding carboxylic acids is 1. The fraction of sp³-hybridized carbons (Fsp3) is 0.458. The van der Waals surface area contributed by atoms with Gasteiger partial charge in [-0.05, 0) is 31.0 Å². The molecule has 0 spiro atoms. The molecule has 0 radical (unpaired) electrons. The van der Waals surface area contributed by atoms with Crippen LogP contribution in [0.2, 0.25) is 0 Å². The maximum atomic E-state index is 15.1. The molecular formula is C24H28F4N4O2. The molecule has 4 rings (SSSR count). The van der Waals surface area contributed by atoms with E-state index in [-0.39, 0.29) is 23.0 Å². The van der Waals surface area contributed by atoms with Crippen LogP contribution in [0.5, 0.6) is 5.75 Å². The molecule has 1 aliphatic carbocycles. The molecule has 2 aromatic heterocycles. The molecule has 1 aliphatic rings. The number of alkyl halides is 3. The Morgan fingerprint density at radius 3 is 2.50 bits per heavy atom. The van der Waals surface area contributed by atoms with Gasteiger partial charge >= 0.3 is 6.18 Å². The highest BCUT2D eigenvalue weighted by atomic mass is 19.4. The van der Waals surface area contributed by atoms with Crippen molar-refractivity contribution in [1.29, 1.82) is 0 Å². The Bertz CT molecular complexity index is 1140. The number of methoxy groups -OCH3 is 1. The lowest BCUT2D eigenvalue weighted by atomic mass is 9.96. The van der Waals surface area contributed by atoms with Crippen molar-refractivity contribution in [3.8, 4) is 5.75 Å². The van der Waals surface area contributed by atoms with E-state index >= 15 is 4.39 Å². The molecule has 0 aliphatic heterocycles. The average Bonchev–Trinajstić information content (AvgIpc) is 3.24. The summed E-state index contributed by atoms with van der Waals surface area (Å²) in [6.45, 7) is 4.25. The molecule has 10 heteroatoms. The van der Waals surface area contributed by atoms with Crippen molar-refractivity contribution in [2.75, 3.05) is 12.4 Å². The summed E-state index contributed by atoms with van der Waals surface area (Å²) in [7, 11) is 1.24. The fourth-order valence-electron chi connectivity index (χ4n) is 3.86. The first-order valence-electron chi connectivity index (χ1n) is 11.3. The number of carbonyl (C=O) groups is 1. The van der Waals surface area contributed by atoms with Gasteiger partial charge < -0.3 is 10.1 Å². The molecule has 184 valence electrons. The zero-order chi connectivity index (χ0) is 24.9. The van der Waals surface area contributed by atoms with Gasteiger partial charge in [-0.2, -0.15) is 18.3 Å². The zero-order valence-corrected chi connectivity index (χ0v) is 19.4. The molecule has 0 bridgehead atoms. The molecule has 1 aromatic carbocycles. The number of pyridine rings is 1. The highest BCUT2D eigenvalue weighted by Crippen LogP contribution is 2.36. The predicted molar refractivity (Wildman–Crippen MR) is 122 cm³/mol. The number of rotatable bonds is 4. The van der Waals surface area contributed by atoms with Gasteiger partial charge in [0.05, 0.1) is 18.8 Å². The van der Waals surface area contributed by atoms with Crippen LogP contribution < -0.4 is 10.1 Å². The first-order chi connectivity index (χ1) is 16.2. The largest absolute Gasteiger partial charge is 0.491 e. The minimum absolute atomic E-state index is 0.0140. The van der Waals surface area contributed by atoms with E-state index < -0.39 is 29.3 Å². The number of anilines is 1. The molecule has 6 nitrogen and oxygen atoms in total. The van der Waals surface area contributed by atoms with Crippen LogP contribution in [0.4, 0.5) is 23.2 Å². The quantitative estimate of drug-likeness (QED) is 0.418. The smallest absolute Gasteiger partial charge is 0.433 e. The summed E-state index contributed by atoms with van der Waals surface area (Å²) < 4.78 is 60.6. The molecule has 1 fully saturated rings. The standard InChI is InChI=1S/C21H20F4N4O2.C3H8/c1-31-19-15(27-20(30)14-8-5-9-16(26-14)21(23,24)25)10-12-11-29(28-18(12)17(19)22)13-6-3-2-4-7-13;1-3-2/h5,8-11,13H,2-4,6-7H2,1H3,(H,27,30);3H2,1-2H3. The van der Waals surface area contributed by atoms with Crippen LogP contribution in [0.15, 0.2) is 30.5 Å². The van der Waals surface area contributed by atoms with Gasteiger partial charge in [0.2, 0.25) is 0 Å². The van der Waals surface area contributed by atoms with Gasteiger partial charge in [0.25, 0.3) is 5.91 Å². The minimum atomic E-state index is -4.69. The third-order valence-electron chi connectivity index (χ3n) is 5.39. The second kappa shape index (κ2) is 10.8. The van der Waals surface area contributed by atoms with Crippen LogP contribution in [0.3, 0.4) is 0 Å². The van der Waals surface area contributed by atoms with Crippen LogP contribution in [0.25, 0.3) is 10.9 Å². The van der Waals surface area contributed by atoms with E-state index in [1.54, 1.807) is 10.9 Å². The van der Waals surface area contributed by atoms with Gasteiger partial charge in [0.15, 0.2) is 11.6 Å². The molecule has 1 N–H and O–H groups in total. The maximum absolute atomic E-state index is 15.1. The van der Waals surface area contributed by atoms with Crippen molar-refractivity contribution in [3.05, 3.63) is 47.7 Å². The van der Waals surface area contributed by atoms with Crippen molar-refractivity contribution >= 4 is 22.5 Å². The fourth-order valence-corrected chi connectivity index (χ4v) is 3.86. The number of aromatic nitrogens is 3. The number of hydrogen-bond acceptors (Lipinski definition) is 4. The third kappa shape index (κ3) is 5.66. The van der Waals surface area contributed by atoms with Crippen LogP contribution in [-0.2, 0) is 6.18 Å². The number of nitrogens with one attached hydrogen (secondary N) is 1. The number of fused-ring (bicyclic) bond motifs is 1. The van der Waals surface area contributed by atoms with Gasteiger partial charge in [-0.15, -0.1) is 0 Å². The molecule has 0 atom stereocenters. The number of ether oxygens (including phenoxy) is 1. The SMILES string of the molecule is CCC.COc1c(NC(=O)c2cccc(C(F)(F)F)n2)cc2cn(C3CCCCC3)nc2c1F. The van der Waals surface area contributed by atoms with Crippen molar-refractivity contribution in [2.24, 2.45) is 0 Å². The molecule has 1 saturated carbocycles. The lowest BCUT2D eigenvalue weighted by Gasteiger charge is -2.21. The predicted octanol–water partition coefficient (Wildman–Crippen LogP) is 6.77. The van der Waals surface area contributed by atoms with E-state index in [4.69, 9.17) is 4.74 Å². The number of halogens is 4. The second-order valence-electron chi connectivity index (χ2n) is 8.18. The van der Waals surface area contributed by atoms with Crippen molar-refractivity contribution in [1.82, 2.24) is 14.8 Å². The normalized spacial score (nSPS) is 14.4. The maximum Gasteiger partial charge on any atom is 0.433 e. The molecule has 2 heterocycles. The molecule has 1 amide bonds. The Morgan fingerprint density at radius 2 is 1.88 bits per heavy atom. The van der Waals surface area contributed by atoms with Gasteiger partial charge in [-0.3, -0.25) is 9.48 Å². The van der Waals surface area contributed by atoms with Gasteiger partial charge in [-0.25, -0.2) is 9.37 Å². The van der Waals surface area contributed by atoms with Crippen molar-refractivity contribution in [3.63, 3.8) is 0 Å². The Hall–Kier alpha value is -3.17. The number of hydrogen-bond donors (Lipinski definition) is 1. The van der Waals surface area contributed by atoms with Crippen LogP contribution in [0, 0.1) is 5.82 Å². The van der Waals surface area contributed by atoms with Crippen LogP contribution in [0.1, 0.15) is 74.6 Å². The second-order valence-corrected chi connectivity index (χ2v) is 8.18. The molecule has 34 heavy (non-hydrogen) atoms.